The molecule has 0 radical (unpaired) electrons. The molecule has 32 heavy (non-hydrogen) atoms. The van der Waals surface area contributed by atoms with Gasteiger partial charge in [0, 0.05) is 37.3 Å². The number of nitrogens with one attached hydrogen (secondary N) is 1. The van der Waals surface area contributed by atoms with Crippen LogP contribution >= 0.6 is 11.3 Å². The van der Waals surface area contributed by atoms with Gasteiger partial charge in [-0.3, -0.25) is 9.59 Å². The van der Waals surface area contributed by atoms with Crippen LogP contribution in [-0.4, -0.2) is 40.4 Å². The molecule has 0 atom stereocenters. The lowest BCUT2D eigenvalue weighted by atomic mass is 9.96. The number of hydrogen-bond donors (Lipinski definition) is 1. The summed E-state index contributed by atoms with van der Waals surface area (Å²) in [6.45, 7) is 4.21. The summed E-state index contributed by atoms with van der Waals surface area (Å²) < 4.78 is 12.1. The van der Waals surface area contributed by atoms with E-state index < -0.39 is 0 Å². The van der Waals surface area contributed by atoms with E-state index in [1.54, 1.807) is 6.07 Å². The average molecular weight is 456 g/mol. The lowest BCUT2D eigenvalue weighted by Gasteiger charge is -2.30. The summed E-state index contributed by atoms with van der Waals surface area (Å²) in [6.07, 6.45) is 3.21. The Morgan fingerprint density at radius 1 is 1.22 bits per heavy atom. The summed E-state index contributed by atoms with van der Waals surface area (Å²) in [7, 11) is 0. The fourth-order valence-corrected chi connectivity index (χ4v) is 5.05. The smallest absolute Gasteiger partial charge is 0.275 e. The monoisotopic (exact) mass is 455 g/mol. The van der Waals surface area contributed by atoms with Crippen LogP contribution in [0.5, 0.6) is 11.5 Å². The molecule has 3 aromatic rings. The Hall–Kier alpha value is -3.14. The number of rotatable bonds is 6. The van der Waals surface area contributed by atoms with Crippen molar-refractivity contribution in [1.29, 1.82) is 0 Å². The molecule has 4 heterocycles. The van der Waals surface area contributed by atoms with Crippen molar-refractivity contribution < 1.29 is 14.3 Å². The molecule has 1 saturated heterocycles. The highest BCUT2D eigenvalue weighted by Crippen LogP contribution is 2.32. The minimum Gasteiger partial charge on any atom is -0.454 e. The number of fused-ring (bicyclic) bond motifs is 2. The largest absolute Gasteiger partial charge is 0.454 e. The second kappa shape index (κ2) is 8.78. The first-order valence-electron chi connectivity index (χ1n) is 10.9. The van der Waals surface area contributed by atoms with Crippen LogP contribution in [0.25, 0.3) is 4.96 Å². The van der Waals surface area contributed by atoms with Gasteiger partial charge in [-0.25, -0.2) is 4.98 Å². The number of benzene rings is 1. The van der Waals surface area contributed by atoms with Crippen LogP contribution in [0.15, 0.2) is 29.1 Å². The number of aromatic nitrogens is 3. The third kappa shape index (κ3) is 4.14. The van der Waals surface area contributed by atoms with Crippen LogP contribution in [0.1, 0.15) is 37.4 Å². The van der Waals surface area contributed by atoms with Crippen molar-refractivity contribution in [3.8, 4) is 11.5 Å². The normalized spacial score (nSPS) is 16.0. The van der Waals surface area contributed by atoms with E-state index in [1.807, 2.05) is 18.2 Å². The van der Waals surface area contributed by atoms with E-state index in [0.717, 1.165) is 66.7 Å². The number of carbonyl (C=O) groups excluding carboxylic acids is 1. The van der Waals surface area contributed by atoms with Crippen molar-refractivity contribution in [2.24, 2.45) is 5.92 Å². The number of hydrogen-bond acceptors (Lipinski definition) is 8. The van der Waals surface area contributed by atoms with Gasteiger partial charge in [-0.15, -0.1) is 5.10 Å². The van der Waals surface area contributed by atoms with Crippen LogP contribution in [0.2, 0.25) is 0 Å². The molecule has 2 aromatic heterocycles. The SMILES string of the molecule is CCCc1cc(=O)n2nc(N3CCC(C(=O)NCc4ccc5c(c4)OCO5)CC3)sc2n1. The first-order valence-corrected chi connectivity index (χ1v) is 11.7. The predicted molar refractivity (Wildman–Crippen MR) is 120 cm³/mol. The molecule has 1 N–H and O–H groups in total. The first-order chi connectivity index (χ1) is 15.6. The van der Waals surface area contributed by atoms with Gasteiger partial charge in [-0.1, -0.05) is 30.7 Å². The molecule has 168 valence electrons. The molecule has 1 amide bonds. The Kier molecular flexibility index (Phi) is 5.69. The molecule has 1 aromatic carbocycles. The second-order valence-electron chi connectivity index (χ2n) is 8.08. The maximum absolute atomic E-state index is 12.7. The molecule has 10 heteroatoms. The Morgan fingerprint density at radius 2 is 2.03 bits per heavy atom. The molecular weight excluding hydrogens is 430 g/mol. The molecule has 0 saturated carbocycles. The Morgan fingerprint density at radius 3 is 2.84 bits per heavy atom. The highest BCUT2D eigenvalue weighted by atomic mass is 32.1. The molecule has 0 aliphatic carbocycles. The molecule has 0 bridgehead atoms. The van der Waals surface area contributed by atoms with Gasteiger partial charge < -0.3 is 19.7 Å². The summed E-state index contributed by atoms with van der Waals surface area (Å²) in [5, 5.41) is 8.29. The van der Waals surface area contributed by atoms with E-state index in [2.05, 4.69) is 27.2 Å². The van der Waals surface area contributed by atoms with Crippen LogP contribution in [0.3, 0.4) is 0 Å². The van der Waals surface area contributed by atoms with Gasteiger partial charge in [0.25, 0.3) is 5.56 Å². The van der Waals surface area contributed by atoms with Crippen LogP contribution < -0.4 is 25.2 Å². The van der Waals surface area contributed by atoms with Crippen LogP contribution in [-0.2, 0) is 17.8 Å². The highest BCUT2D eigenvalue weighted by molar-refractivity contribution is 7.20. The van der Waals surface area contributed by atoms with E-state index in [-0.39, 0.29) is 24.2 Å². The van der Waals surface area contributed by atoms with E-state index in [9.17, 15) is 9.59 Å². The number of amides is 1. The van der Waals surface area contributed by atoms with Gasteiger partial charge >= 0.3 is 0 Å². The molecule has 0 spiro atoms. The van der Waals surface area contributed by atoms with E-state index in [1.165, 1.54) is 15.9 Å². The molecule has 5 rings (SSSR count). The average Bonchev–Trinajstić information content (AvgIpc) is 3.45. The molecular formula is C22H25N5O4S. The van der Waals surface area contributed by atoms with Crippen molar-refractivity contribution in [2.75, 3.05) is 24.8 Å². The fraction of sp³-hybridized carbons (Fsp3) is 0.455. The lowest BCUT2D eigenvalue weighted by Crippen LogP contribution is -2.40. The number of carbonyl (C=O) groups is 1. The van der Waals surface area contributed by atoms with Gasteiger partial charge in [0.1, 0.15) is 0 Å². The Labute approximate surface area is 189 Å². The van der Waals surface area contributed by atoms with Crippen molar-refractivity contribution >= 4 is 27.3 Å². The van der Waals surface area contributed by atoms with Crippen LogP contribution in [0.4, 0.5) is 5.13 Å². The zero-order valence-electron chi connectivity index (χ0n) is 17.9. The summed E-state index contributed by atoms with van der Waals surface area (Å²) in [5.74, 6) is 1.48. The Balaban J connectivity index is 1.18. The molecule has 2 aliphatic rings. The van der Waals surface area contributed by atoms with Gasteiger partial charge in [0.05, 0.1) is 0 Å². The zero-order chi connectivity index (χ0) is 22.1. The third-order valence-electron chi connectivity index (χ3n) is 5.83. The quantitative estimate of drug-likeness (QED) is 0.609. The molecule has 0 unspecified atom stereocenters. The number of aryl methyl sites for hydroxylation is 1. The van der Waals surface area contributed by atoms with E-state index in [0.29, 0.717) is 11.5 Å². The van der Waals surface area contributed by atoms with Gasteiger partial charge in [-0.05, 0) is 37.0 Å². The number of nitrogens with zero attached hydrogens (tertiary/aromatic N) is 4. The first kappa shape index (κ1) is 20.7. The maximum Gasteiger partial charge on any atom is 0.275 e. The predicted octanol–water partition coefficient (Wildman–Crippen LogP) is 2.36. The van der Waals surface area contributed by atoms with E-state index >= 15 is 0 Å². The fourth-order valence-electron chi connectivity index (χ4n) is 4.08. The molecule has 2 aliphatic heterocycles. The second-order valence-corrected chi connectivity index (χ2v) is 9.02. The highest BCUT2D eigenvalue weighted by Gasteiger charge is 2.27. The van der Waals surface area contributed by atoms with Gasteiger partial charge in [0.2, 0.25) is 22.8 Å². The van der Waals surface area contributed by atoms with Crippen molar-refractivity contribution in [3.05, 3.63) is 45.9 Å². The topological polar surface area (TPSA) is 98.1 Å². The molecule has 9 nitrogen and oxygen atoms in total. The number of anilines is 1. The van der Waals surface area contributed by atoms with Crippen molar-refractivity contribution in [1.82, 2.24) is 19.9 Å². The maximum atomic E-state index is 12.7. The standard InChI is InChI=1S/C22H25N5O4S/c1-2-3-16-11-19(28)27-21(24-16)32-22(25-27)26-8-6-15(7-9-26)20(29)23-12-14-4-5-17-18(10-14)31-13-30-17/h4-5,10-11,15H,2-3,6-9,12-13H2,1H3,(H,23,29). The summed E-state index contributed by atoms with van der Waals surface area (Å²) in [4.78, 5) is 32.4. The summed E-state index contributed by atoms with van der Waals surface area (Å²) in [6, 6.07) is 7.27. The number of piperidine rings is 1. The third-order valence-corrected chi connectivity index (χ3v) is 6.80. The van der Waals surface area contributed by atoms with Gasteiger partial charge in [-0.2, -0.15) is 4.52 Å². The zero-order valence-corrected chi connectivity index (χ0v) is 18.7. The minimum atomic E-state index is -0.140. The number of ether oxygens (including phenoxy) is 2. The van der Waals surface area contributed by atoms with Crippen molar-refractivity contribution in [2.45, 2.75) is 39.2 Å². The Bertz CT molecular complexity index is 1200. The molecule has 1 fully saturated rings. The summed E-state index contributed by atoms with van der Waals surface area (Å²) in [5.41, 5.74) is 1.65. The minimum absolute atomic E-state index is 0.0355. The van der Waals surface area contributed by atoms with E-state index in [4.69, 9.17) is 9.47 Å². The van der Waals surface area contributed by atoms with Crippen LogP contribution in [0, 0.1) is 5.92 Å². The lowest BCUT2D eigenvalue weighted by molar-refractivity contribution is -0.125. The van der Waals surface area contributed by atoms with Crippen molar-refractivity contribution in [3.63, 3.8) is 0 Å². The van der Waals surface area contributed by atoms with Gasteiger partial charge in [0.15, 0.2) is 11.5 Å². The summed E-state index contributed by atoms with van der Waals surface area (Å²) >= 11 is 1.43.